The van der Waals surface area contributed by atoms with E-state index in [0.717, 1.165) is 6.07 Å². The fourth-order valence-electron chi connectivity index (χ4n) is 0.656. The minimum atomic E-state index is -1.67. The van der Waals surface area contributed by atoms with Gasteiger partial charge in [-0.2, -0.15) is 0 Å². The summed E-state index contributed by atoms with van der Waals surface area (Å²) in [6.45, 7) is 2.55. The van der Waals surface area contributed by atoms with Crippen LogP contribution in [0.25, 0.3) is 0 Å². The van der Waals surface area contributed by atoms with Gasteiger partial charge in [0.2, 0.25) is 5.76 Å². The molecule has 0 bridgehead atoms. The van der Waals surface area contributed by atoms with E-state index < -0.39 is 11.6 Å². The number of carboxylic acid groups (broad SMARTS) is 1. The van der Waals surface area contributed by atoms with Crippen molar-refractivity contribution in [2.45, 2.75) is 19.5 Å². The van der Waals surface area contributed by atoms with Crippen LogP contribution in [0.2, 0.25) is 0 Å². The Morgan fingerprint density at radius 1 is 1.75 bits per heavy atom. The van der Waals surface area contributed by atoms with Crippen LogP contribution in [0.15, 0.2) is 10.6 Å². The van der Waals surface area contributed by atoms with Crippen molar-refractivity contribution in [2.24, 2.45) is 0 Å². The van der Waals surface area contributed by atoms with E-state index in [9.17, 15) is 9.18 Å². The Bertz CT molecular complexity index is 300. The highest BCUT2D eigenvalue weighted by Crippen LogP contribution is 2.23. The summed E-state index contributed by atoms with van der Waals surface area (Å²) in [7, 11) is 0. The molecule has 1 rings (SSSR count). The monoisotopic (exact) mass is 173 g/mol. The van der Waals surface area contributed by atoms with Crippen LogP contribution in [0.4, 0.5) is 4.39 Å². The van der Waals surface area contributed by atoms with Gasteiger partial charge < -0.3 is 9.63 Å². The van der Waals surface area contributed by atoms with E-state index >= 15 is 0 Å². The predicted molar refractivity (Wildman–Crippen MR) is 37.6 cm³/mol. The molecule has 0 amide bonds. The van der Waals surface area contributed by atoms with E-state index in [1.165, 1.54) is 13.8 Å². The fraction of sp³-hybridized carbons (Fsp3) is 0.429. The summed E-state index contributed by atoms with van der Waals surface area (Å²) in [5.74, 6) is -1.60. The number of hydrogen-bond acceptors (Lipinski definition) is 3. The predicted octanol–water partition coefficient (Wildman–Crippen LogP) is 1.58. The third-order valence-electron chi connectivity index (χ3n) is 1.33. The van der Waals surface area contributed by atoms with Crippen molar-refractivity contribution in [3.05, 3.63) is 17.5 Å². The van der Waals surface area contributed by atoms with Crippen LogP contribution >= 0.6 is 0 Å². The van der Waals surface area contributed by atoms with E-state index in [-0.39, 0.29) is 11.5 Å². The van der Waals surface area contributed by atoms with Crippen LogP contribution < -0.4 is 0 Å². The van der Waals surface area contributed by atoms with Crippen molar-refractivity contribution < 1.29 is 18.8 Å². The minimum absolute atomic E-state index is 0.0140. The molecule has 1 aromatic heterocycles. The van der Waals surface area contributed by atoms with Crippen LogP contribution in [-0.4, -0.2) is 16.2 Å². The Hall–Kier alpha value is -1.39. The number of carboxylic acids is 1. The molecule has 1 aromatic rings. The Labute approximate surface area is 68.0 Å². The molecule has 5 heteroatoms. The molecule has 0 radical (unpaired) electrons. The van der Waals surface area contributed by atoms with Crippen molar-refractivity contribution in [1.29, 1.82) is 0 Å². The Morgan fingerprint density at radius 2 is 2.33 bits per heavy atom. The normalized spacial score (nSPS) is 11.6. The first-order valence-electron chi connectivity index (χ1n) is 3.30. The largest absolute Gasteiger partial charge is 0.475 e. The SMILES string of the molecule is CC(C)(F)c1cc(C(=O)O)on1. The lowest BCUT2D eigenvalue weighted by molar-refractivity contribution is 0.0651. The van der Waals surface area contributed by atoms with Crippen molar-refractivity contribution in [2.75, 3.05) is 0 Å². The van der Waals surface area contributed by atoms with E-state index in [1.54, 1.807) is 0 Å². The molecule has 0 aromatic carbocycles. The van der Waals surface area contributed by atoms with Gasteiger partial charge >= 0.3 is 5.97 Å². The molecule has 12 heavy (non-hydrogen) atoms. The van der Waals surface area contributed by atoms with Crippen LogP contribution in [0.5, 0.6) is 0 Å². The molecule has 0 fully saturated rings. The van der Waals surface area contributed by atoms with Gasteiger partial charge in [-0.25, -0.2) is 9.18 Å². The molecule has 66 valence electrons. The first-order chi connectivity index (χ1) is 5.41. The minimum Gasteiger partial charge on any atom is -0.475 e. The average Bonchev–Trinajstić information content (AvgIpc) is 2.30. The van der Waals surface area contributed by atoms with Crippen molar-refractivity contribution in [3.8, 4) is 0 Å². The summed E-state index contributed by atoms with van der Waals surface area (Å²) < 4.78 is 17.4. The smallest absolute Gasteiger partial charge is 0.374 e. The van der Waals surface area contributed by atoms with Crippen molar-refractivity contribution in [3.63, 3.8) is 0 Å². The standard InChI is InChI=1S/C7H8FNO3/c1-7(2,8)5-3-4(6(10)11)12-9-5/h3H,1-2H3,(H,10,11). The molecule has 1 N–H and O–H groups in total. The molecule has 4 nitrogen and oxygen atoms in total. The van der Waals surface area contributed by atoms with E-state index in [0.29, 0.717) is 0 Å². The molecular weight excluding hydrogens is 165 g/mol. The second-order valence-corrected chi connectivity index (χ2v) is 2.85. The summed E-state index contributed by atoms with van der Waals surface area (Å²) in [5.41, 5.74) is -1.68. The lowest BCUT2D eigenvalue weighted by atomic mass is 10.1. The molecule has 0 aliphatic carbocycles. The van der Waals surface area contributed by atoms with Gasteiger partial charge in [0, 0.05) is 6.07 Å². The number of rotatable bonds is 2. The van der Waals surface area contributed by atoms with Crippen LogP contribution in [-0.2, 0) is 5.67 Å². The van der Waals surface area contributed by atoms with Crippen LogP contribution in [0, 0.1) is 0 Å². The van der Waals surface area contributed by atoms with Crippen LogP contribution in [0.1, 0.15) is 30.1 Å². The summed E-state index contributed by atoms with van der Waals surface area (Å²) in [6, 6.07) is 1.07. The number of hydrogen-bond donors (Lipinski definition) is 1. The van der Waals surface area contributed by atoms with Crippen LogP contribution in [0.3, 0.4) is 0 Å². The van der Waals surface area contributed by atoms with Gasteiger partial charge in [-0.05, 0) is 13.8 Å². The highest BCUT2D eigenvalue weighted by molar-refractivity contribution is 5.84. The molecule has 0 aliphatic heterocycles. The first-order valence-corrected chi connectivity index (χ1v) is 3.30. The number of nitrogens with zero attached hydrogens (tertiary/aromatic N) is 1. The van der Waals surface area contributed by atoms with Gasteiger partial charge in [-0.15, -0.1) is 0 Å². The van der Waals surface area contributed by atoms with Gasteiger partial charge in [0.25, 0.3) is 0 Å². The summed E-state index contributed by atoms with van der Waals surface area (Å²) in [5, 5.41) is 11.7. The van der Waals surface area contributed by atoms with Gasteiger partial charge in [0.05, 0.1) is 0 Å². The topological polar surface area (TPSA) is 63.3 Å². The maximum absolute atomic E-state index is 13.1. The third kappa shape index (κ3) is 1.61. The van der Waals surface area contributed by atoms with E-state index in [2.05, 4.69) is 9.68 Å². The lowest BCUT2D eigenvalue weighted by Gasteiger charge is -2.07. The number of alkyl halides is 1. The summed E-state index contributed by atoms with van der Waals surface area (Å²) in [4.78, 5) is 10.3. The van der Waals surface area contributed by atoms with E-state index in [4.69, 9.17) is 5.11 Å². The quantitative estimate of drug-likeness (QED) is 0.737. The van der Waals surface area contributed by atoms with Gasteiger partial charge in [0.1, 0.15) is 5.69 Å². The molecule has 0 saturated carbocycles. The molecule has 0 unspecified atom stereocenters. The molecule has 0 atom stereocenters. The average molecular weight is 173 g/mol. The van der Waals surface area contributed by atoms with Gasteiger partial charge in [-0.3, -0.25) is 0 Å². The Kier molecular flexibility index (Phi) is 1.87. The highest BCUT2D eigenvalue weighted by atomic mass is 19.1. The number of carbonyl (C=O) groups is 1. The number of halogens is 1. The van der Waals surface area contributed by atoms with Gasteiger partial charge in [0.15, 0.2) is 5.67 Å². The lowest BCUT2D eigenvalue weighted by Crippen LogP contribution is -2.08. The van der Waals surface area contributed by atoms with Gasteiger partial charge in [-0.1, -0.05) is 5.16 Å². The Morgan fingerprint density at radius 3 is 2.58 bits per heavy atom. The zero-order valence-electron chi connectivity index (χ0n) is 6.67. The summed E-state index contributed by atoms with van der Waals surface area (Å²) >= 11 is 0. The fourth-order valence-corrected chi connectivity index (χ4v) is 0.656. The second kappa shape index (κ2) is 2.58. The molecule has 0 spiro atoms. The van der Waals surface area contributed by atoms with E-state index in [1.807, 2.05) is 0 Å². The maximum atomic E-state index is 13.1. The number of aromatic nitrogens is 1. The number of aromatic carboxylic acids is 1. The maximum Gasteiger partial charge on any atom is 0.374 e. The molecule has 0 aliphatic rings. The molecule has 1 heterocycles. The molecular formula is C7H8FNO3. The highest BCUT2D eigenvalue weighted by Gasteiger charge is 2.25. The molecule has 0 saturated heterocycles. The second-order valence-electron chi connectivity index (χ2n) is 2.85. The first kappa shape index (κ1) is 8.70. The summed E-state index contributed by atoms with van der Waals surface area (Å²) in [6.07, 6.45) is 0. The zero-order chi connectivity index (χ0) is 9.35. The Balaban J connectivity index is 3.00. The zero-order valence-corrected chi connectivity index (χ0v) is 6.67. The third-order valence-corrected chi connectivity index (χ3v) is 1.33. The van der Waals surface area contributed by atoms with Crippen molar-refractivity contribution in [1.82, 2.24) is 5.16 Å². The van der Waals surface area contributed by atoms with Crippen molar-refractivity contribution >= 4 is 5.97 Å².